The van der Waals surface area contributed by atoms with E-state index in [-0.39, 0.29) is 12.0 Å². The molecule has 6 heteroatoms. The van der Waals surface area contributed by atoms with Crippen molar-refractivity contribution < 1.29 is 19.0 Å². The van der Waals surface area contributed by atoms with Crippen LogP contribution in [0.1, 0.15) is 25.8 Å². The molecule has 0 saturated heterocycles. The molecule has 3 rings (SSSR count). The second kappa shape index (κ2) is 8.82. The number of carbonyl (C=O) groups is 1. The molecule has 27 heavy (non-hydrogen) atoms. The summed E-state index contributed by atoms with van der Waals surface area (Å²) in [5.74, 6) is 1.59. The van der Waals surface area contributed by atoms with E-state index in [0.29, 0.717) is 35.4 Å². The van der Waals surface area contributed by atoms with Crippen molar-refractivity contribution in [3.63, 3.8) is 0 Å². The van der Waals surface area contributed by atoms with Crippen LogP contribution in [0.15, 0.2) is 42.5 Å². The lowest BCUT2D eigenvalue weighted by atomic mass is 10.1. The van der Waals surface area contributed by atoms with Crippen LogP contribution in [-0.2, 0) is 4.79 Å². The first-order chi connectivity index (χ1) is 13.1. The lowest BCUT2D eigenvalue weighted by Crippen LogP contribution is -2.16. The number of nitrogens with one attached hydrogen (secondary N) is 1. The quantitative estimate of drug-likeness (QED) is 0.713. The highest BCUT2D eigenvalue weighted by molar-refractivity contribution is 6.34. The molecule has 0 aliphatic carbocycles. The van der Waals surface area contributed by atoms with E-state index < -0.39 is 0 Å². The first kappa shape index (κ1) is 19.1. The number of fused-ring (bicyclic) bond motifs is 1. The number of benzene rings is 2. The van der Waals surface area contributed by atoms with Gasteiger partial charge in [0, 0.05) is 23.8 Å². The van der Waals surface area contributed by atoms with Gasteiger partial charge in [-0.1, -0.05) is 36.7 Å². The number of para-hydroxylation sites is 1. The van der Waals surface area contributed by atoms with E-state index in [1.165, 1.54) is 6.08 Å². The van der Waals surface area contributed by atoms with Crippen molar-refractivity contribution in [3.8, 4) is 17.2 Å². The molecule has 1 amide bonds. The average Bonchev–Trinajstić information content (AvgIpc) is 2.67. The molecule has 0 bridgehead atoms. The summed E-state index contributed by atoms with van der Waals surface area (Å²) < 4.78 is 16.9. The van der Waals surface area contributed by atoms with Gasteiger partial charge in [0.15, 0.2) is 11.5 Å². The zero-order valence-corrected chi connectivity index (χ0v) is 16.1. The van der Waals surface area contributed by atoms with E-state index in [2.05, 4.69) is 12.2 Å². The Balaban J connectivity index is 1.71. The Labute approximate surface area is 163 Å². The van der Waals surface area contributed by atoms with Crippen molar-refractivity contribution in [2.45, 2.75) is 26.4 Å². The van der Waals surface area contributed by atoms with Crippen LogP contribution in [0, 0.1) is 0 Å². The average molecular weight is 388 g/mol. The fourth-order valence-corrected chi connectivity index (χ4v) is 2.73. The Morgan fingerprint density at radius 2 is 1.96 bits per heavy atom. The van der Waals surface area contributed by atoms with Gasteiger partial charge < -0.3 is 19.5 Å². The van der Waals surface area contributed by atoms with E-state index >= 15 is 0 Å². The number of hydrogen-bond acceptors (Lipinski definition) is 4. The lowest BCUT2D eigenvalue weighted by Gasteiger charge is -2.19. The molecule has 142 valence electrons. The zero-order valence-electron chi connectivity index (χ0n) is 15.3. The van der Waals surface area contributed by atoms with Gasteiger partial charge in [0.05, 0.1) is 16.8 Å². The minimum Gasteiger partial charge on any atom is -0.490 e. The molecule has 0 aromatic heterocycles. The molecule has 0 spiro atoms. The van der Waals surface area contributed by atoms with Gasteiger partial charge in [-0.15, -0.1) is 0 Å². The molecule has 1 aliphatic heterocycles. The SMILES string of the molecule is CCC(C)Oc1ccccc1C=CC(=O)Nc1cc2c(cc1Cl)OCCO2. The van der Waals surface area contributed by atoms with E-state index in [9.17, 15) is 4.79 Å². The third kappa shape index (κ3) is 4.95. The Morgan fingerprint density at radius 1 is 1.26 bits per heavy atom. The van der Waals surface area contributed by atoms with Crippen molar-refractivity contribution in [2.75, 3.05) is 18.5 Å². The normalized spacial score (nSPS) is 14.0. The largest absolute Gasteiger partial charge is 0.490 e. The topological polar surface area (TPSA) is 56.8 Å². The molecule has 2 aromatic rings. The molecule has 1 atom stereocenters. The molecular formula is C21H22ClNO4. The molecular weight excluding hydrogens is 366 g/mol. The summed E-state index contributed by atoms with van der Waals surface area (Å²) >= 11 is 6.23. The molecule has 0 saturated carbocycles. The molecule has 5 nitrogen and oxygen atoms in total. The molecule has 0 radical (unpaired) electrons. The maximum absolute atomic E-state index is 12.3. The van der Waals surface area contributed by atoms with Crippen molar-refractivity contribution in [1.82, 2.24) is 0 Å². The summed E-state index contributed by atoms with van der Waals surface area (Å²) in [7, 11) is 0. The van der Waals surface area contributed by atoms with Crippen LogP contribution in [0.4, 0.5) is 5.69 Å². The van der Waals surface area contributed by atoms with Crippen LogP contribution < -0.4 is 19.5 Å². The molecule has 0 fully saturated rings. The maximum Gasteiger partial charge on any atom is 0.248 e. The van der Waals surface area contributed by atoms with Gasteiger partial charge in [-0.25, -0.2) is 0 Å². The molecule has 1 aliphatic rings. The first-order valence-corrected chi connectivity index (χ1v) is 9.28. The predicted molar refractivity (Wildman–Crippen MR) is 107 cm³/mol. The summed E-state index contributed by atoms with van der Waals surface area (Å²) in [6.45, 7) is 5.02. The van der Waals surface area contributed by atoms with Gasteiger partial charge in [0.25, 0.3) is 0 Å². The monoisotopic (exact) mass is 387 g/mol. The number of carbonyl (C=O) groups excluding carboxylic acids is 1. The molecule has 2 aromatic carbocycles. The van der Waals surface area contributed by atoms with Crippen molar-refractivity contribution >= 4 is 29.3 Å². The van der Waals surface area contributed by atoms with Gasteiger partial charge in [0.2, 0.25) is 5.91 Å². The standard InChI is InChI=1S/C21H22ClNO4/c1-3-14(2)27-18-7-5-4-6-15(18)8-9-21(24)23-17-13-20-19(12-16(17)22)25-10-11-26-20/h4-9,12-14H,3,10-11H2,1-2H3,(H,23,24). The highest BCUT2D eigenvalue weighted by Crippen LogP contribution is 2.38. The smallest absolute Gasteiger partial charge is 0.248 e. The fourth-order valence-electron chi connectivity index (χ4n) is 2.53. The number of halogens is 1. The summed E-state index contributed by atoms with van der Waals surface area (Å²) in [6, 6.07) is 10.9. The fraction of sp³-hybridized carbons (Fsp3) is 0.286. The number of rotatable bonds is 6. The second-order valence-corrected chi connectivity index (χ2v) is 6.58. The number of hydrogen-bond donors (Lipinski definition) is 1. The van der Waals surface area contributed by atoms with Crippen molar-refractivity contribution in [3.05, 3.63) is 53.1 Å². The van der Waals surface area contributed by atoms with Gasteiger partial charge in [-0.2, -0.15) is 0 Å². The summed E-state index contributed by atoms with van der Waals surface area (Å²) in [5, 5.41) is 3.16. The Bertz CT molecular complexity index is 850. The van der Waals surface area contributed by atoms with E-state index in [4.69, 9.17) is 25.8 Å². The van der Waals surface area contributed by atoms with E-state index in [1.807, 2.05) is 31.2 Å². The highest BCUT2D eigenvalue weighted by atomic mass is 35.5. The molecule has 1 N–H and O–H groups in total. The summed E-state index contributed by atoms with van der Waals surface area (Å²) in [4.78, 5) is 12.3. The van der Waals surface area contributed by atoms with Crippen molar-refractivity contribution in [1.29, 1.82) is 0 Å². The van der Waals surface area contributed by atoms with Crippen LogP contribution in [-0.4, -0.2) is 25.2 Å². The zero-order chi connectivity index (χ0) is 19.2. The minimum atomic E-state index is -0.299. The van der Waals surface area contributed by atoms with Crippen LogP contribution in [0.3, 0.4) is 0 Å². The van der Waals surface area contributed by atoms with Crippen LogP contribution >= 0.6 is 11.6 Å². The Kier molecular flexibility index (Phi) is 6.24. The Morgan fingerprint density at radius 3 is 2.70 bits per heavy atom. The van der Waals surface area contributed by atoms with Crippen LogP contribution in [0.2, 0.25) is 5.02 Å². The van der Waals surface area contributed by atoms with Gasteiger partial charge in [0.1, 0.15) is 19.0 Å². The minimum absolute atomic E-state index is 0.102. The molecule has 1 unspecified atom stereocenters. The second-order valence-electron chi connectivity index (χ2n) is 6.17. The van der Waals surface area contributed by atoms with E-state index in [0.717, 1.165) is 17.7 Å². The Hall–Kier alpha value is -2.66. The number of amides is 1. The van der Waals surface area contributed by atoms with Gasteiger partial charge in [-0.3, -0.25) is 4.79 Å². The number of ether oxygens (including phenoxy) is 3. The lowest BCUT2D eigenvalue weighted by molar-refractivity contribution is -0.111. The van der Waals surface area contributed by atoms with Crippen LogP contribution in [0.25, 0.3) is 6.08 Å². The predicted octanol–water partition coefficient (Wildman–Crippen LogP) is 4.94. The first-order valence-electron chi connectivity index (χ1n) is 8.90. The third-order valence-electron chi connectivity index (χ3n) is 4.13. The summed E-state index contributed by atoms with van der Waals surface area (Å²) in [6.07, 6.45) is 4.18. The van der Waals surface area contributed by atoms with E-state index in [1.54, 1.807) is 18.2 Å². The van der Waals surface area contributed by atoms with Gasteiger partial charge in [-0.05, 0) is 25.5 Å². The third-order valence-corrected chi connectivity index (χ3v) is 4.44. The van der Waals surface area contributed by atoms with Crippen molar-refractivity contribution in [2.24, 2.45) is 0 Å². The highest BCUT2D eigenvalue weighted by Gasteiger charge is 2.16. The van der Waals surface area contributed by atoms with Crippen LogP contribution in [0.5, 0.6) is 17.2 Å². The number of anilines is 1. The summed E-state index contributed by atoms with van der Waals surface area (Å²) in [5.41, 5.74) is 1.31. The molecule has 1 heterocycles. The van der Waals surface area contributed by atoms with Gasteiger partial charge >= 0.3 is 0 Å². The maximum atomic E-state index is 12.3.